The third-order valence-electron chi connectivity index (χ3n) is 3.15. The van der Waals surface area contributed by atoms with Crippen LogP contribution in [0.3, 0.4) is 0 Å². The molecule has 0 saturated carbocycles. The van der Waals surface area contributed by atoms with Crippen LogP contribution in [-0.4, -0.2) is 39.1 Å². The molecule has 0 radical (unpaired) electrons. The minimum Gasteiger partial charge on any atom is -0.330 e. The molecule has 0 aromatic carbocycles. The zero-order valence-electron chi connectivity index (χ0n) is 9.57. The van der Waals surface area contributed by atoms with Crippen molar-refractivity contribution in [1.82, 2.24) is 5.32 Å². The van der Waals surface area contributed by atoms with Crippen LogP contribution in [0.4, 0.5) is 0 Å². The van der Waals surface area contributed by atoms with Gasteiger partial charge in [0.1, 0.15) is 0 Å². The molecule has 1 aliphatic heterocycles. The first-order chi connectivity index (χ1) is 6.94. The van der Waals surface area contributed by atoms with Crippen LogP contribution in [-0.2, 0) is 9.84 Å². The van der Waals surface area contributed by atoms with Crippen LogP contribution in [0.5, 0.6) is 0 Å². The summed E-state index contributed by atoms with van der Waals surface area (Å²) >= 11 is 0. The van der Waals surface area contributed by atoms with E-state index in [1.165, 1.54) is 0 Å². The summed E-state index contributed by atoms with van der Waals surface area (Å²) in [5, 5.41) is 3.31. The van der Waals surface area contributed by atoms with Gasteiger partial charge >= 0.3 is 0 Å². The van der Waals surface area contributed by atoms with Crippen molar-refractivity contribution in [2.24, 2.45) is 17.6 Å². The Hall–Kier alpha value is -0.130. The molecule has 0 amide bonds. The van der Waals surface area contributed by atoms with E-state index < -0.39 is 9.84 Å². The molecule has 2 atom stereocenters. The predicted octanol–water partition coefficient (Wildman–Crippen LogP) is -0.00600. The van der Waals surface area contributed by atoms with Gasteiger partial charge in [-0.1, -0.05) is 13.8 Å². The molecule has 5 heteroatoms. The highest BCUT2D eigenvalue weighted by Gasteiger charge is 2.27. The second kappa shape index (κ2) is 5.27. The van der Waals surface area contributed by atoms with E-state index in [0.29, 0.717) is 29.9 Å². The maximum absolute atomic E-state index is 11.2. The molecule has 2 unspecified atom stereocenters. The Kier molecular flexibility index (Phi) is 4.55. The molecule has 1 fully saturated rings. The number of hydrogen-bond acceptors (Lipinski definition) is 4. The van der Waals surface area contributed by atoms with E-state index >= 15 is 0 Å². The van der Waals surface area contributed by atoms with Gasteiger partial charge in [-0.25, -0.2) is 8.42 Å². The predicted molar refractivity (Wildman–Crippen MR) is 62.4 cm³/mol. The summed E-state index contributed by atoms with van der Waals surface area (Å²) in [6.45, 7) is 5.77. The molecule has 1 aliphatic rings. The highest BCUT2D eigenvalue weighted by atomic mass is 32.2. The normalized spacial score (nSPS) is 27.1. The molecule has 1 rings (SSSR count). The first-order valence-electron chi connectivity index (χ1n) is 5.58. The van der Waals surface area contributed by atoms with Crippen molar-refractivity contribution >= 4 is 9.84 Å². The summed E-state index contributed by atoms with van der Waals surface area (Å²) in [6, 6.07) is 0.141. The lowest BCUT2D eigenvalue weighted by molar-refractivity contribution is 0.355. The lowest BCUT2D eigenvalue weighted by Crippen LogP contribution is -2.38. The summed E-state index contributed by atoms with van der Waals surface area (Å²) in [4.78, 5) is 0. The Bertz CT molecular complexity index is 288. The average Bonchev–Trinajstić information content (AvgIpc) is 2.46. The lowest BCUT2D eigenvalue weighted by Gasteiger charge is -2.21. The summed E-state index contributed by atoms with van der Waals surface area (Å²) in [6.07, 6.45) is 0.748. The summed E-state index contributed by atoms with van der Waals surface area (Å²) in [7, 11) is -2.76. The van der Waals surface area contributed by atoms with Gasteiger partial charge in [-0.05, 0) is 31.3 Å². The van der Waals surface area contributed by atoms with Crippen molar-refractivity contribution in [3.05, 3.63) is 0 Å². The molecule has 0 aromatic rings. The molecule has 0 spiro atoms. The quantitative estimate of drug-likeness (QED) is 0.702. The molecule has 0 aromatic heterocycles. The van der Waals surface area contributed by atoms with Crippen LogP contribution in [0.15, 0.2) is 0 Å². The average molecular weight is 234 g/mol. The first-order valence-corrected chi connectivity index (χ1v) is 7.40. The second-order valence-electron chi connectivity index (χ2n) is 4.75. The van der Waals surface area contributed by atoms with Crippen LogP contribution < -0.4 is 11.1 Å². The van der Waals surface area contributed by atoms with Crippen molar-refractivity contribution in [2.45, 2.75) is 26.3 Å². The van der Waals surface area contributed by atoms with Gasteiger partial charge in [-0.2, -0.15) is 0 Å². The maximum atomic E-state index is 11.2. The highest BCUT2D eigenvalue weighted by Crippen LogP contribution is 2.13. The monoisotopic (exact) mass is 234 g/mol. The molecule has 3 N–H and O–H groups in total. The molecular weight excluding hydrogens is 212 g/mol. The minimum absolute atomic E-state index is 0.141. The molecule has 1 saturated heterocycles. The Labute approximate surface area is 92.5 Å². The Morgan fingerprint density at radius 3 is 2.53 bits per heavy atom. The second-order valence-corrected chi connectivity index (χ2v) is 6.98. The topological polar surface area (TPSA) is 72.2 Å². The van der Waals surface area contributed by atoms with Gasteiger partial charge in [-0.15, -0.1) is 0 Å². The highest BCUT2D eigenvalue weighted by molar-refractivity contribution is 7.91. The van der Waals surface area contributed by atoms with E-state index in [1.807, 2.05) is 0 Å². The van der Waals surface area contributed by atoms with Gasteiger partial charge in [0, 0.05) is 6.04 Å². The standard InChI is InChI=1S/C10H22N2O2S/c1-8(2)9(5-11)6-12-10-3-4-15(13,14)7-10/h8-10,12H,3-7,11H2,1-2H3. The van der Waals surface area contributed by atoms with Crippen molar-refractivity contribution in [3.8, 4) is 0 Å². The van der Waals surface area contributed by atoms with Crippen molar-refractivity contribution < 1.29 is 8.42 Å². The number of rotatable bonds is 5. The third kappa shape index (κ3) is 4.09. The van der Waals surface area contributed by atoms with Gasteiger partial charge in [-0.3, -0.25) is 0 Å². The van der Waals surface area contributed by atoms with E-state index in [4.69, 9.17) is 5.73 Å². The van der Waals surface area contributed by atoms with Gasteiger partial charge < -0.3 is 11.1 Å². The Morgan fingerprint density at radius 2 is 2.13 bits per heavy atom. The van der Waals surface area contributed by atoms with Crippen LogP contribution in [0.25, 0.3) is 0 Å². The fraction of sp³-hybridized carbons (Fsp3) is 1.00. The fourth-order valence-electron chi connectivity index (χ4n) is 1.87. The van der Waals surface area contributed by atoms with Crippen LogP contribution in [0.1, 0.15) is 20.3 Å². The van der Waals surface area contributed by atoms with Gasteiger partial charge in [0.15, 0.2) is 9.84 Å². The molecular formula is C10H22N2O2S. The SMILES string of the molecule is CC(C)C(CN)CNC1CCS(=O)(=O)C1. The van der Waals surface area contributed by atoms with Gasteiger partial charge in [0.25, 0.3) is 0 Å². The smallest absolute Gasteiger partial charge is 0.151 e. The van der Waals surface area contributed by atoms with Crippen LogP contribution in [0.2, 0.25) is 0 Å². The van der Waals surface area contributed by atoms with Gasteiger partial charge in [0.2, 0.25) is 0 Å². The fourth-order valence-corrected chi connectivity index (χ4v) is 3.57. The van der Waals surface area contributed by atoms with E-state index in [9.17, 15) is 8.42 Å². The molecule has 0 bridgehead atoms. The van der Waals surface area contributed by atoms with Crippen LogP contribution >= 0.6 is 0 Å². The summed E-state index contributed by atoms with van der Waals surface area (Å²) in [5.41, 5.74) is 5.65. The molecule has 4 nitrogen and oxygen atoms in total. The van der Waals surface area contributed by atoms with E-state index in [1.54, 1.807) is 0 Å². The maximum Gasteiger partial charge on any atom is 0.151 e. The first kappa shape index (κ1) is 12.9. The van der Waals surface area contributed by atoms with Crippen molar-refractivity contribution in [1.29, 1.82) is 0 Å². The number of hydrogen-bond donors (Lipinski definition) is 2. The summed E-state index contributed by atoms with van der Waals surface area (Å²) in [5.74, 6) is 1.61. The van der Waals surface area contributed by atoms with E-state index in [-0.39, 0.29) is 6.04 Å². The molecule has 0 aliphatic carbocycles. The third-order valence-corrected chi connectivity index (χ3v) is 4.91. The number of nitrogens with one attached hydrogen (secondary N) is 1. The number of nitrogens with two attached hydrogens (primary N) is 1. The largest absolute Gasteiger partial charge is 0.330 e. The summed E-state index contributed by atoms with van der Waals surface area (Å²) < 4.78 is 22.4. The molecule has 1 heterocycles. The minimum atomic E-state index is -2.76. The molecule has 90 valence electrons. The lowest BCUT2D eigenvalue weighted by atomic mass is 9.96. The Balaban J connectivity index is 2.32. The molecule has 15 heavy (non-hydrogen) atoms. The number of sulfone groups is 1. The van der Waals surface area contributed by atoms with Crippen molar-refractivity contribution in [2.75, 3.05) is 24.6 Å². The van der Waals surface area contributed by atoms with E-state index in [2.05, 4.69) is 19.2 Å². The van der Waals surface area contributed by atoms with Gasteiger partial charge in [0.05, 0.1) is 11.5 Å². The zero-order valence-corrected chi connectivity index (χ0v) is 10.4. The van der Waals surface area contributed by atoms with E-state index in [0.717, 1.165) is 13.0 Å². The Morgan fingerprint density at radius 1 is 1.47 bits per heavy atom. The zero-order chi connectivity index (χ0) is 11.5. The van der Waals surface area contributed by atoms with Crippen LogP contribution in [0, 0.1) is 11.8 Å². The van der Waals surface area contributed by atoms with Crippen molar-refractivity contribution in [3.63, 3.8) is 0 Å².